The molecule has 0 saturated carbocycles. The van der Waals surface area contributed by atoms with E-state index in [1.54, 1.807) is 0 Å². The Morgan fingerprint density at radius 3 is 1.08 bits per heavy atom. The van der Waals surface area contributed by atoms with Crippen molar-refractivity contribution < 1.29 is 28.6 Å². The lowest BCUT2D eigenvalue weighted by molar-refractivity contribution is -0.167. The molecule has 0 N–H and O–H groups in total. The molecule has 0 aromatic carbocycles. The summed E-state index contributed by atoms with van der Waals surface area (Å²) in [6.45, 7) is 6.27. The number of carbonyl (C=O) groups is 3. The summed E-state index contributed by atoms with van der Waals surface area (Å²) in [7, 11) is 0. The van der Waals surface area contributed by atoms with Gasteiger partial charge in [0.15, 0.2) is 6.10 Å². The summed E-state index contributed by atoms with van der Waals surface area (Å²) < 4.78 is 16.1. The molecule has 6 heteroatoms. The zero-order valence-corrected chi connectivity index (χ0v) is 25.9. The van der Waals surface area contributed by atoms with Crippen LogP contribution in [0.25, 0.3) is 0 Å². The van der Waals surface area contributed by atoms with Crippen molar-refractivity contribution in [1.82, 2.24) is 0 Å². The van der Waals surface area contributed by atoms with Gasteiger partial charge in [0.1, 0.15) is 13.2 Å². The smallest absolute Gasteiger partial charge is 0.306 e. The second kappa shape index (κ2) is 29.4. The van der Waals surface area contributed by atoms with Crippen LogP contribution in [0.1, 0.15) is 175 Å². The topological polar surface area (TPSA) is 78.9 Å². The van der Waals surface area contributed by atoms with Crippen LogP contribution in [-0.4, -0.2) is 37.2 Å². The summed E-state index contributed by atoms with van der Waals surface area (Å²) in [4.78, 5) is 36.3. The summed E-state index contributed by atoms with van der Waals surface area (Å²) >= 11 is 0. The first-order valence-electron chi connectivity index (χ1n) is 16.5. The van der Waals surface area contributed by atoms with Gasteiger partial charge >= 0.3 is 17.9 Å². The van der Waals surface area contributed by atoms with E-state index in [0.29, 0.717) is 19.3 Å². The molecule has 0 heterocycles. The third-order valence-electron chi connectivity index (χ3n) is 7.11. The highest BCUT2D eigenvalue weighted by molar-refractivity contribution is 5.71. The summed E-state index contributed by atoms with van der Waals surface area (Å²) in [5, 5.41) is 0. The van der Waals surface area contributed by atoms with Crippen LogP contribution >= 0.6 is 0 Å². The van der Waals surface area contributed by atoms with E-state index in [0.717, 1.165) is 57.8 Å². The van der Waals surface area contributed by atoms with Gasteiger partial charge in [-0.15, -0.1) is 0 Å². The van der Waals surface area contributed by atoms with Gasteiger partial charge < -0.3 is 14.2 Å². The van der Waals surface area contributed by atoms with Crippen LogP contribution in [0, 0.1) is 0 Å². The number of hydrogen-bond acceptors (Lipinski definition) is 6. The predicted octanol–water partition coefficient (Wildman–Crippen LogP) is 9.41. The summed E-state index contributed by atoms with van der Waals surface area (Å²) in [5.41, 5.74) is 0. The lowest BCUT2D eigenvalue weighted by Crippen LogP contribution is -2.30. The van der Waals surface area contributed by atoms with Gasteiger partial charge in [0.2, 0.25) is 0 Å². The van der Waals surface area contributed by atoms with Crippen molar-refractivity contribution >= 4 is 17.9 Å². The zero-order chi connectivity index (χ0) is 28.8. The molecule has 0 aliphatic heterocycles. The van der Waals surface area contributed by atoms with E-state index in [4.69, 9.17) is 14.2 Å². The Morgan fingerprint density at radius 1 is 0.410 bits per heavy atom. The van der Waals surface area contributed by atoms with Gasteiger partial charge in [-0.05, 0) is 19.3 Å². The Bertz CT molecular complexity index is 577. The molecule has 0 spiro atoms. The highest BCUT2D eigenvalue weighted by Gasteiger charge is 2.19. The molecular formula is C33H62O6. The molecule has 0 fully saturated rings. The maximum absolute atomic E-state index is 12.2. The van der Waals surface area contributed by atoms with E-state index >= 15 is 0 Å². The second-order valence-corrected chi connectivity index (χ2v) is 11.1. The van der Waals surface area contributed by atoms with Crippen molar-refractivity contribution in [1.29, 1.82) is 0 Å². The van der Waals surface area contributed by atoms with Crippen LogP contribution in [0.2, 0.25) is 0 Å². The molecule has 0 aliphatic carbocycles. The van der Waals surface area contributed by atoms with Crippen molar-refractivity contribution in [2.75, 3.05) is 13.2 Å². The van der Waals surface area contributed by atoms with Gasteiger partial charge in [0.25, 0.3) is 0 Å². The monoisotopic (exact) mass is 554 g/mol. The molecule has 0 bridgehead atoms. The van der Waals surface area contributed by atoms with Crippen molar-refractivity contribution in [3.8, 4) is 0 Å². The Morgan fingerprint density at radius 2 is 0.692 bits per heavy atom. The van der Waals surface area contributed by atoms with Gasteiger partial charge in [-0.25, -0.2) is 0 Å². The van der Waals surface area contributed by atoms with Gasteiger partial charge in [0, 0.05) is 19.3 Å². The van der Waals surface area contributed by atoms with E-state index in [2.05, 4.69) is 20.8 Å². The second-order valence-electron chi connectivity index (χ2n) is 11.1. The van der Waals surface area contributed by atoms with Crippen molar-refractivity contribution in [2.24, 2.45) is 0 Å². The quantitative estimate of drug-likeness (QED) is 0.0520. The van der Waals surface area contributed by atoms with Gasteiger partial charge in [-0.3, -0.25) is 14.4 Å². The first-order valence-corrected chi connectivity index (χ1v) is 16.5. The van der Waals surface area contributed by atoms with E-state index < -0.39 is 6.10 Å². The average Bonchev–Trinajstić information content (AvgIpc) is 2.92. The van der Waals surface area contributed by atoms with Crippen LogP contribution in [0.5, 0.6) is 0 Å². The van der Waals surface area contributed by atoms with Crippen molar-refractivity contribution in [3.63, 3.8) is 0 Å². The van der Waals surface area contributed by atoms with E-state index in [9.17, 15) is 14.4 Å². The van der Waals surface area contributed by atoms with Crippen LogP contribution in [0.15, 0.2) is 0 Å². The van der Waals surface area contributed by atoms with Crippen LogP contribution in [0.3, 0.4) is 0 Å². The minimum absolute atomic E-state index is 0.0701. The maximum atomic E-state index is 12.2. The number of esters is 3. The number of carbonyl (C=O) groups excluding carboxylic acids is 3. The predicted molar refractivity (Wildman–Crippen MR) is 160 cm³/mol. The molecule has 39 heavy (non-hydrogen) atoms. The van der Waals surface area contributed by atoms with Gasteiger partial charge in [0.05, 0.1) is 0 Å². The molecular weight excluding hydrogens is 492 g/mol. The average molecular weight is 555 g/mol. The SMILES string of the molecule is CCCCCCCCCCCCCCCCCC(=O)OCC(COC(=O)CCCCC)OC(=O)CCCCC. The lowest BCUT2D eigenvalue weighted by Gasteiger charge is -2.18. The minimum Gasteiger partial charge on any atom is -0.462 e. The Hall–Kier alpha value is -1.59. The highest BCUT2D eigenvalue weighted by Crippen LogP contribution is 2.14. The first kappa shape index (κ1) is 37.4. The Labute approximate surface area is 240 Å². The Balaban J connectivity index is 3.95. The molecule has 6 nitrogen and oxygen atoms in total. The first-order chi connectivity index (χ1) is 19.0. The minimum atomic E-state index is -0.751. The number of unbranched alkanes of at least 4 members (excludes halogenated alkanes) is 18. The fourth-order valence-corrected chi connectivity index (χ4v) is 4.56. The van der Waals surface area contributed by atoms with E-state index in [1.165, 1.54) is 77.0 Å². The number of rotatable bonds is 29. The van der Waals surface area contributed by atoms with Crippen LogP contribution in [0.4, 0.5) is 0 Å². The molecule has 0 rings (SSSR count). The largest absolute Gasteiger partial charge is 0.462 e. The standard InChI is InChI=1S/C33H62O6/c1-4-7-10-11-12-13-14-15-16-17-18-19-20-21-24-26-32(35)38-29-30(39-33(36)27-23-9-6-3)28-37-31(34)25-22-8-5-2/h30H,4-29H2,1-3H3. The molecule has 0 amide bonds. The maximum Gasteiger partial charge on any atom is 0.306 e. The molecule has 0 aromatic heterocycles. The molecule has 0 saturated heterocycles. The summed E-state index contributed by atoms with van der Waals surface area (Å²) in [6, 6.07) is 0. The molecule has 1 unspecified atom stereocenters. The van der Waals surface area contributed by atoms with Crippen molar-refractivity contribution in [3.05, 3.63) is 0 Å². The van der Waals surface area contributed by atoms with Crippen LogP contribution < -0.4 is 0 Å². The van der Waals surface area contributed by atoms with E-state index in [1.807, 2.05) is 0 Å². The van der Waals surface area contributed by atoms with Gasteiger partial charge in [-0.2, -0.15) is 0 Å². The molecule has 230 valence electrons. The molecule has 0 aromatic rings. The summed E-state index contributed by atoms with van der Waals surface area (Å²) in [6.07, 6.45) is 25.0. The fourth-order valence-electron chi connectivity index (χ4n) is 4.56. The van der Waals surface area contributed by atoms with E-state index in [-0.39, 0.29) is 31.1 Å². The summed E-state index contributed by atoms with van der Waals surface area (Å²) in [5.74, 6) is -0.931. The van der Waals surface area contributed by atoms with Gasteiger partial charge in [-0.1, -0.05) is 136 Å². The lowest BCUT2D eigenvalue weighted by atomic mass is 10.0. The highest BCUT2D eigenvalue weighted by atomic mass is 16.6. The molecule has 0 radical (unpaired) electrons. The fraction of sp³-hybridized carbons (Fsp3) is 0.909. The third kappa shape index (κ3) is 27.8. The number of hydrogen-bond donors (Lipinski definition) is 0. The third-order valence-corrected chi connectivity index (χ3v) is 7.11. The number of ether oxygens (including phenoxy) is 3. The molecule has 1 atom stereocenters. The zero-order valence-electron chi connectivity index (χ0n) is 25.9. The van der Waals surface area contributed by atoms with Crippen molar-refractivity contribution in [2.45, 2.75) is 181 Å². The molecule has 0 aliphatic rings. The Kier molecular flexibility index (Phi) is 28.2. The normalized spacial score (nSPS) is 11.8. The van der Waals surface area contributed by atoms with Crippen LogP contribution in [-0.2, 0) is 28.6 Å².